The minimum absolute atomic E-state index is 0.0514. The van der Waals surface area contributed by atoms with E-state index in [1.165, 1.54) is 0 Å². The van der Waals surface area contributed by atoms with Crippen LogP contribution in [0.15, 0.2) is 0 Å². The smallest absolute Gasteiger partial charge is 0.379 e. The lowest BCUT2D eigenvalue weighted by Crippen LogP contribution is -2.51. The van der Waals surface area contributed by atoms with Gasteiger partial charge >= 0.3 is 12.3 Å². The molecule has 1 rings (SSSR count). The van der Waals surface area contributed by atoms with Crippen molar-refractivity contribution in [2.45, 2.75) is 18.6 Å². The number of alkyl halides is 6. The van der Waals surface area contributed by atoms with Crippen LogP contribution in [0.4, 0.5) is 26.3 Å². The minimum Gasteiger partial charge on any atom is -0.379 e. The van der Waals surface area contributed by atoms with Crippen molar-refractivity contribution in [2.75, 3.05) is 32.9 Å². The predicted octanol–water partition coefficient (Wildman–Crippen LogP) is 1.79. The van der Waals surface area contributed by atoms with Crippen LogP contribution < -0.4 is 0 Å². The molecule has 0 bridgehead atoms. The summed E-state index contributed by atoms with van der Waals surface area (Å²) >= 11 is 0. The highest BCUT2D eigenvalue weighted by molar-refractivity contribution is 4.73. The largest absolute Gasteiger partial charge is 0.412 e. The Kier molecular flexibility index (Phi) is 4.62. The zero-order valence-corrected chi connectivity index (χ0v) is 8.64. The third-order valence-corrected chi connectivity index (χ3v) is 2.07. The van der Waals surface area contributed by atoms with Crippen LogP contribution in [0.3, 0.4) is 0 Å². The molecule has 0 aromatic rings. The lowest BCUT2D eigenvalue weighted by atomic mass is 10.4. The molecule has 1 saturated heterocycles. The van der Waals surface area contributed by atoms with E-state index in [2.05, 4.69) is 4.74 Å². The minimum atomic E-state index is -4.92. The Bertz CT molecular complexity index is 241. The van der Waals surface area contributed by atoms with Crippen molar-refractivity contribution in [1.29, 1.82) is 0 Å². The summed E-state index contributed by atoms with van der Waals surface area (Å²) in [6.07, 6.45) is -12.3. The Hall–Kier alpha value is -0.540. The molecule has 1 unspecified atom stereocenters. The van der Waals surface area contributed by atoms with Gasteiger partial charge in [-0.3, -0.25) is 4.90 Å². The van der Waals surface area contributed by atoms with E-state index in [1.54, 1.807) is 0 Å². The molecule has 0 spiro atoms. The van der Waals surface area contributed by atoms with E-state index in [4.69, 9.17) is 4.74 Å². The maximum absolute atomic E-state index is 13.3. The monoisotopic (exact) mass is 267 g/mol. The number of halogens is 6. The average molecular weight is 267 g/mol. The van der Waals surface area contributed by atoms with Crippen molar-refractivity contribution in [1.82, 2.24) is 4.90 Å². The van der Waals surface area contributed by atoms with Crippen molar-refractivity contribution >= 4 is 0 Å². The summed E-state index contributed by atoms with van der Waals surface area (Å²) in [6.45, 7) is -2.32. The number of rotatable bonds is 4. The summed E-state index contributed by atoms with van der Waals surface area (Å²) < 4.78 is 82.3. The molecule has 102 valence electrons. The molecule has 0 saturated carbocycles. The van der Waals surface area contributed by atoms with Gasteiger partial charge in [-0.05, 0) is 0 Å². The van der Waals surface area contributed by atoms with Gasteiger partial charge < -0.3 is 9.47 Å². The van der Waals surface area contributed by atoms with Gasteiger partial charge in [-0.15, -0.1) is 0 Å². The molecular formula is C8H11F6NO2. The van der Waals surface area contributed by atoms with Crippen LogP contribution in [-0.4, -0.2) is 56.4 Å². The van der Waals surface area contributed by atoms with E-state index in [0.717, 1.165) is 0 Å². The molecule has 0 aromatic heterocycles. The van der Waals surface area contributed by atoms with Crippen molar-refractivity contribution in [3.63, 3.8) is 0 Å². The molecule has 1 heterocycles. The summed E-state index contributed by atoms with van der Waals surface area (Å²) in [5, 5.41) is 0. The van der Waals surface area contributed by atoms with Crippen LogP contribution >= 0.6 is 0 Å². The van der Waals surface area contributed by atoms with Gasteiger partial charge in [0.1, 0.15) is 6.61 Å². The molecular weight excluding hydrogens is 256 g/mol. The summed E-state index contributed by atoms with van der Waals surface area (Å²) in [7, 11) is 0. The van der Waals surface area contributed by atoms with Gasteiger partial charge in [0.2, 0.25) is 6.30 Å². The molecule has 0 N–H and O–H groups in total. The summed E-state index contributed by atoms with van der Waals surface area (Å²) in [5.41, 5.74) is 0. The summed E-state index contributed by atoms with van der Waals surface area (Å²) in [5.74, 6) is 0. The van der Waals surface area contributed by atoms with E-state index in [1.807, 2.05) is 0 Å². The lowest BCUT2D eigenvalue weighted by Gasteiger charge is -2.33. The van der Waals surface area contributed by atoms with Crippen molar-refractivity contribution in [3.05, 3.63) is 0 Å². The molecule has 0 radical (unpaired) electrons. The second-order valence-electron chi connectivity index (χ2n) is 3.45. The fraction of sp³-hybridized carbons (Fsp3) is 1.00. The van der Waals surface area contributed by atoms with Gasteiger partial charge in [0.05, 0.1) is 13.2 Å². The Balaban J connectivity index is 2.49. The van der Waals surface area contributed by atoms with Gasteiger partial charge in [-0.2, -0.15) is 22.0 Å². The van der Waals surface area contributed by atoms with Gasteiger partial charge in [-0.1, -0.05) is 0 Å². The molecule has 1 aliphatic heterocycles. The first-order valence-corrected chi connectivity index (χ1v) is 4.77. The lowest BCUT2D eigenvalue weighted by molar-refractivity contribution is -0.333. The molecule has 3 nitrogen and oxygen atoms in total. The summed E-state index contributed by atoms with van der Waals surface area (Å²) in [6, 6.07) is 0. The van der Waals surface area contributed by atoms with Gasteiger partial charge in [0, 0.05) is 13.1 Å². The zero-order valence-electron chi connectivity index (χ0n) is 8.64. The first-order valence-electron chi connectivity index (χ1n) is 4.77. The normalized spacial score (nSPS) is 21.5. The summed E-state index contributed by atoms with van der Waals surface area (Å²) in [4.78, 5) is 0.680. The Morgan fingerprint density at radius 2 is 1.65 bits per heavy atom. The zero-order chi connectivity index (χ0) is 13.1. The highest BCUT2D eigenvalue weighted by Crippen LogP contribution is 2.29. The van der Waals surface area contributed by atoms with Crippen LogP contribution in [0.5, 0.6) is 0 Å². The number of hydrogen-bond acceptors (Lipinski definition) is 3. The first-order chi connectivity index (χ1) is 7.72. The van der Waals surface area contributed by atoms with Gasteiger partial charge in [0.15, 0.2) is 0 Å². The van der Waals surface area contributed by atoms with E-state index in [9.17, 15) is 26.3 Å². The molecule has 0 aliphatic carbocycles. The van der Waals surface area contributed by atoms with Crippen molar-refractivity contribution in [3.8, 4) is 0 Å². The predicted molar refractivity (Wildman–Crippen MR) is 44.2 cm³/mol. The topological polar surface area (TPSA) is 21.7 Å². The van der Waals surface area contributed by atoms with Crippen LogP contribution in [-0.2, 0) is 9.47 Å². The Morgan fingerprint density at radius 3 is 2.12 bits per heavy atom. The van der Waals surface area contributed by atoms with E-state index >= 15 is 0 Å². The van der Waals surface area contributed by atoms with Gasteiger partial charge in [-0.25, -0.2) is 4.39 Å². The molecule has 17 heavy (non-hydrogen) atoms. The number of nitrogens with zero attached hydrogens (tertiary/aromatic N) is 1. The second-order valence-corrected chi connectivity index (χ2v) is 3.45. The Labute approximate surface area is 93.3 Å². The van der Waals surface area contributed by atoms with E-state index < -0.39 is 25.2 Å². The Morgan fingerprint density at radius 1 is 1.12 bits per heavy atom. The molecule has 1 fully saturated rings. The third-order valence-electron chi connectivity index (χ3n) is 2.07. The number of hydrogen-bond donors (Lipinski definition) is 0. The van der Waals surface area contributed by atoms with E-state index in [-0.39, 0.29) is 26.3 Å². The van der Waals surface area contributed by atoms with Crippen LogP contribution in [0.2, 0.25) is 0 Å². The maximum atomic E-state index is 13.3. The number of morpholine rings is 1. The first kappa shape index (κ1) is 14.5. The van der Waals surface area contributed by atoms with Crippen LogP contribution in [0, 0.1) is 0 Å². The molecule has 0 aromatic carbocycles. The quantitative estimate of drug-likeness (QED) is 0.572. The maximum Gasteiger partial charge on any atom is 0.412 e. The average Bonchev–Trinajstić information content (AvgIpc) is 2.26. The van der Waals surface area contributed by atoms with Gasteiger partial charge in [0.25, 0.3) is 0 Å². The van der Waals surface area contributed by atoms with Crippen molar-refractivity contribution < 1.29 is 35.8 Å². The number of ether oxygens (including phenoxy) is 2. The SMILES string of the molecule is FC(N1CCOCC1)C(F)(F)OCC(F)(F)F. The molecule has 1 aliphatic rings. The highest BCUT2D eigenvalue weighted by atomic mass is 19.4. The second kappa shape index (κ2) is 5.40. The molecule has 0 amide bonds. The fourth-order valence-electron chi connectivity index (χ4n) is 1.26. The highest BCUT2D eigenvalue weighted by Gasteiger charge is 2.48. The van der Waals surface area contributed by atoms with Crippen LogP contribution in [0.25, 0.3) is 0 Å². The fourth-order valence-corrected chi connectivity index (χ4v) is 1.26. The van der Waals surface area contributed by atoms with E-state index in [0.29, 0.717) is 4.90 Å². The standard InChI is InChI=1S/C8H11F6NO2/c9-6(15-1-3-16-4-2-15)8(13,14)17-5-7(10,11)12/h6H,1-5H2. The van der Waals surface area contributed by atoms with Crippen LogP contribution in [0.1, 0.15) is 0 Å². The van der Waals surface area contributed by atoms with Crippen molar-refractivity contribution in [2.24, 2.45) is 0 Å². The molecule has 1 atom stereocenters. The molecule has 9 heteroatoms. The third kappa shape index (κ3) is 4.68.